The zero-order chi connectivity index (χ0) is 23.5. The van der Waals surface area contributed by atoms with Crippen molar-refractivity contribution >= 4 is 11.3 Å². The zero-order valence-electron chi connectivity index (χ0n) is 18.0. The number of benzene rings is 2. The van der Waals surface area contributed by atoms with Gasteiger partial charge in [0, 0.05) is 22.4 Å². The Bertz CT molecular complexity index is 1040. The number of aliphatic hydroxyl groups is 4. The molecule has 6 nitrogen and oxygen atoms in total. The Labute approximate surface area is 195 Å². The smallest absolute Gasteiger partial charge is 0.130 e. The summed E-state index contributed by atoms with van der Waals surface area (Å²) in [7, 11) is 1.38. The molecule has 1 saturated heterocycles. The highest BCUT2D eigenvalue weighted by molar-refractivity contribution is 7.10. The van der Waals surface area contributed by atoms with Crippen LogP contribution in [0.5, 0.6) is 5.75 Å². The summed E-state index contributed by atoms with van der Waals surface area (Å²) in [5.41, 5.74) is 1.77. The van der Waals surface area contributed by atoms with Gasteiger partial charge in [0.2, 0.25) is 0 Å². The van der Waals surface area contributed by atoms with Gasteiger partial charge in [-0.3, -0.25) is 0 Å². The third-order valence-electron chi connectivity index (χ3n) is 6.09. The molecule has 1 unspecified atom stereocenters. The Morgan fingerprint density at radius 2 is 1.79 bits per heavy atom. The second-order valence-corrected chi connectivity index (χ2v) is 9.10. The summed E-state index contributed by atoms with van der Waals surface area (Å²) in [5, 5.41) is 42.6. The van der Waals surface area contributed by atoms with Crippen LogP contribution in [0.25, 0.3) is 0 Å². The molecule has 3 aromatic rings. The number of thiophene rings is 1. The van der Waals surface area contributed by atoms with Gasteiger partial charge in [-0.25, -0.2) is 4.39 Å². The van der Waals surface area contributed by atoms with E-state index < -0.39 is 42.9 Å². The first-order valence-corrected chi connectivity index (χ1v) is 11.6. The summed E-state index contributed by atoms with van der Waals surface area (Å²) in [6, 6.07) is 16.5. The molecule has 1 aliphatic rings. The maximum Gasteiger partial charge on any atom is 0.130 e. The molecule has 0 spiro atoms. The lowest BCUT2D eigenvalue weighted by Gasteiger charge is -2.40. The van der Waals surface area contributed by atoms with Crippen molar-refractivity contribution in [2.75, 3.05) is 13.7 Å². The predicted molar refractivity (Wildman–Crippen MR) is 122 cm³/mol. The summed E-state index contributed by atoms with van der Waals surface area (Å²) in [4.78, 5) is 0.975. The topological polar surface area (TPSA) is 99.4 Å². The van der Waals surface area contributed by atoms with E-state index in [1.807, 2.05) is 47.8 Å². The molecule has 1 aromatic heterocycles. The molecule has 4 rings (SSSR count). The van der Waals surface area contributed by atoms with Gasteiger partial charge in [-0.05, 0) is 35.1 Å². The van der Waals surface area contributed by atoms with E-state index in [2.05, 4.69) is 0 Å². The lowest BCUT2D eigenvalue weighted by Crippen LogP contribution is -2.55. The van der Waals surface area contributed by atoms with E-state index in [4.69, 9.17) is 9.47 Å². The van der Waals surface area contributed by atoms with Crippen molar-refractivity contribution in [2.24, 2.45) is 0 Å². The Morgan fingerprint density at radius 1 is 1.03 bits per heavy atom. The summed E-state index contributed by atoms with van der Waals surface area (Å²) in [6.07, 6.45) is -6.18. The highest BCUT2D eigenvalue weighted by atomic mass is 32.1. The summed E-state index contributed by atoms with van der Waals surface area (Å²) < 4.78 is 26.5. The molecule has 6 atom stereocenters. The summed E-state index contributed by atoms with van der Waals surface area (Å²) in [6.45, 7) is -0.552. The Hall–Kier alpha value is -2.33. The normalized spacial score (nSPS) is 26.2. The first-order valence-electron chi connectivity index (χ1n) is 10.7. The average Bonchev–Trinajstić information content (AvgIpc) is 3.37. The highest BCUT2D eigenvalue weighted by Crippen LogP contribution is 2.41. The monoisotopic (exact) mass is 474 g/mol. The van der Waals surface area contributed by atoms with Crippen LogP contribution in [0, 0.1) is 5.82 Å². The van der Waals surface area contributed by atoms with Crippen LogP contribution in [0.4, 0.5) is 4.39 Å². The van der Waals surface area contributed by atoms with E-state index in [1.54, 1.807) is 6.07 Å². The van der Waals surface area contributed by atoms with E-state index in [0.717, 1.165) is 10.4 Å². The van der Waals surface area contributed by atoms with Crippen molar-refractivity contribution in [3.05, 3.63) is 87.4 Å². The van der Waals surface area contributed by atoms with Gasteiger partial charge in [-0.15, -0.1) is 11.3 Å². The van der Waals surface area contributed by atoms with Crippen LogP contribution >= 0.6 is 11.3 Å². The van der Waals surface area contributed by atoms with Gasteiger partial charge in [-0.2, -0.15) is 0 Å². The number of ether oxygens (including phenoxy) is 2. The van der Waals surface area contributed by atoms with Gasteiger partial charge < -0.3 is 29.9 Å². The molecule has 0 saturated carbocycles. The Balaban J connectivity index is 1.79. The lowest BCUT2D eigenvalue weighted by molar-refractivity contribution is -0.232. The van der Waals surface area contributed by atoms with Crippen LogP contribution in [-0.4, -0.2) is 58.6 Å². The van der Waals surface area contributed by atoms with Crippen LogP contribution in [0.3, 0.4) is 0 Å². The molecule has 176 valence electrons. The van der Waals surface area contributed by atoms with Gasteiger partial charge >= 0.3 is 0 Å². The molecular formula is C25H27FO6S. The van der Waals surface area contributed by atoms with E-state index in [-0.39, 0.29) is 11.7 Å². The molecule has 33 heavy (non-hydrogen) atoms. The van der Waals surface area contributed by atoms with Crippen LogP contribution in [0.15, 0.2) is 60.0 Å². The molecule has 0 bridgehead atoms. The minimum Gasteiger partial charge on any atom is -0.496 e. The first-order chi connectivity index (χ1) is 15.9. The van der Waals surface area contributed by atoms with Crippen molar-refractivity contribution in [1.82, 2.24) is 0 Å². The summed E-state index contributed by atoms with van der Waals surface area (Å²) >= 11 is 1.53. The fourth-order valence-corrected chi connectivity index (χ4v) is 5.16. The third kappa shape index (κ3) is 4.82. The van der Waals surface area contributed by atoms with Crippen molar-refractivity contribution in [3.8, 4) is 5.75 Å². The maximum atomic E-state index is 15.4. The van der Waals surface area contributed by atoms with Crippen molar-refractivity contribution < 1.29 is 34.3 Å². The molecule has 1 fully saturated rings. The van der Waals surface area contributed by atoms with Crippen LogP contribution in [-0.2, 0) is 11.2 Å². The fraction of sp³-hybridized carbons (Fsp3) is 0.360. The van der Waals surface area contributed by atoms with Crippen molar-refractivity contribution in [1.29, 1.82) is 0 Å². The molecule has 0 amide bonds. The number of hydrogen-bond donors (Lipinski definition) is 4. The van der Waals surface area contributed by atoms with E-state index in [0.29, 0.717) is 17.5 Å². The minimum absolute atomic E-state index is 0.144. The molecular weight excluding hydrogens is 447 g/mol. The second kappa shape index (κ2) is 10.3. The second-order valence-electron chi connectivity index (χ2n) is 8.12. The standard InChI is InChI=1S/C25H27FO6S/c1-31-19-12-18(26)15(11-17(19)25-24(30)23(29)22(28)20(13-27)32-25)16(21-8-5-9-33-21)10-14-6-3-2-4-7-14/h2-9,11-12,16,20,22-25,27-30H,10,13H2,1H3/t16?,20-,22-,23+,24-,25+/m1/s1. The van der Waals surface area contributed by atoms with Gasteiger partial charge in [0.15, 0.2) is 0 Å². The van der Waals surface area contributed by atoms with E-state index in [9.17, 15) is 20.4 Å². The molecule has 8 heteroatoms. The van der Waals surface area contributed by atoms with Gasteiger partial charge in [0.05, 0.1) is 13.7 Å². The van der Waals surface area contributed by atoms with Gasteiger partial charge in [0.1, 0.15) is 42.1 Å². The molecule has 2 heterocycles. The first kappa shape index (κ1) is 23.8. The van der Waals surface area contributed by atoms with Crippen LogP contribution < -0.4 is 4.74 Å². The maximum absolute atomic E-state index is 15.4. The number of hydrogen-bond acceptors (Lipinski definition) is 7. The largest absolute Gasteiger partial charge is 0.496 e. The predicted octanol–water partition coefficient (Wildman–Crippen LogP) is 2.79. The third-order valence-corrected chi connectivity index (χ3v) is 7.08. The SMILES string of the molecule is COc1cc(F)c(C(Cc2ccccc2)c2cccs2)cc1[C@@H]1O[C@H](CO)[C@@H](O)[C@H](O)[C@H]1O. The average molecular weight is 475 g/mol. The van der Waals surface area contributed by atoms with Crippen LogP contribution in [0.1, 0.15) is 33.6 Å². The molecule has 1 aliphatic heterocycles. The molecule has 0 aliphatic carbocycles. The lowest BCUT2D eigenvalue weighted by atomic mass is 9.86. The van der Waals surface area contributed by atoms with E-state index >= 15 is 4.39 Å². The van der Waals surface area contributed by atoms with E-state index in [1.165, 1.54) is 24.5 Å². The number of halogens is 1. The van der Waals surface area contributed by atoms with Crippen molar-refractivity contribution in [3.63, 3.8) is 0 Å². The highest BCUT2D eigenvalue weighted by Gasteiger charge is 2.45. The number of rotatable bonds is 7. The van der Waals surface area contributed by atoms with Gasteiger partial charge in [-0.1, -0.05) is 36.4 Å². The van der Waals surface area contributed by atoms with Gasteiger partial charge in [0.25, 0.3) is 0 Å². The quantitative estimate of drug-likeness (QED) is 0.420. The Morgan fingerprint density at radius 3 is 2.42 bits per heavy atom. The number of methoxy groups -OCH3 is 1. The zero-order valence-corrected chi connectivity index (χ0v) is 18.9. The minimum atomic E-state index is -1.54. The van der Waals surface area contributed by atoms with Crippen molar-refractivity contribution in [2.45, 2.75) is 42.9 Å². The molecule has 0 radical (unpaired) electrons. The molecule has 4 N–H and O–H groups in total. The Kier molecular flexibility index (Phi) is 7.43. The summed E-state index contributed by atoms with van der Waals surface area (Å²) in [5.74, 6) is -0.623. The van der Waals surface area contributed by atoms with Crippen LogP contribution in [0.2, 0.25) is 0 Å². The fourth-order valence-electron chi connectivity index (χ4n) is 4.32. The molecule has 2 aromatic carbocycles. The number of aliphatic hydroxyl groups excluding tert-OH is 4.